The minimum atomic E-state index is -3.58. The van der Waals surface area contributed by atoms with Gasteiger partial charge in [-0.05, 0) is 42.5 Å². The van der Waals surface area contributed by atoms with Crippen molar-refractivity contribution in [2.45, 2.75) is 0 Å². The number of hydrogen-bond donors (Lipinski definition) is 1. The summed E-state index contributed by atoms with van der Waals surface area (Å²) in [6.07, 6.45) is 1.00. The van der Waals surface area contributed by atoms with E-state index < -0.39 is 10.0 Å². The normalized spacial score (nSPS) is 10.4. The molecule has 0 radical (unpaired) electrons. The second-order valence-electron chi connectivity index (χ2n) is 5.86. The summed E-state index contributed by atoms with van der Waals surface area (Å²) in [6, 6.07) is 19.8. The SMILES string of the molecule is CS(=O)(=O)Nc1ccc(Oc2cccc(C#N)c2)nc1Oc1cccc(C#N)c1. The monoisotopic (exact) mass is 406 g/mol. The average Bonchev–Trinajstić information content (AvgIpc) is 2.69. The van der Waals surface area contributed by atoms with Crippen LogP contribution in [0.1, 0.15) is 11.1 Å². The van der Waals surface area contributed by atoms with E-state index in [0.29, 0.717) is 22.6 Å². The number of pyridine rings is 1. The van der Waals surface area contributed by atoms with Crippen molar-refractivity contribution in [3.63, 3.8) is 0 Å². The van der Waals surface area contributed by atoms with Gasteiger partial charge in [0.1, 0.15) is 17.2 Å². The Bertz CT molecular complexity index is 1240. The highest BCUT2D eigenvalue weighted by molar-refractivity contribution is 7.92. The highest BCUT2D eigenvalue weighted by Crippen LogP contribution is 2.32. The Morgan fingerprint density at radius 3 is 2.03 bits per heavy atom. The van der Waals surface area contributed by atoms with Crippen LogP contribution in [0.3, 0.4) is 0 Å². The molecule has 0 aliphatic heterocycles. The number of rotatable bonds is 6. The highest BCUT2D eigenvalue weighted by Gasteiger charge is 2.14. The van der Waals surface area contributed by atoms with Crippen molar-refractivity contribution in [1.82, 2.24) is 4.98 Å². The van der Waals surface area contributed by atoms with Crippen LogP contribution in [0.4, 0.5) is 5.69 Å². The number of nitrogens with one attached hydrogen (secondary N) is 1. The second-order valence-corrected chi connectivity index (χ2v) is 7.61. The van der Waals surface area contributed by atoms with Crippen LogP contribution in [0.5, 0.6) is 23.3 Å². The molecule has 0 aliphatic carbocycles. The first-order valence-electron chi connectivity index (χ1n) is 8.21. The Morgan fingerprint density at radius 2 is 1.48 bits per heavy atom. The van der Waals surface area contributed by atoms with Crippen LogP contribution in [0.25, 0.3) is 0 Å². The van der Waals surface area contributed by atoms with E-state index in [2.05, 4.69) is 9.71 Å². The highest BCUT2D eigenvalue weighted by atomic mass is 32.2. The largest absolute Gasteiger partial charge is 0.439 e. The fourth-order valence-electron chi connectivity index (χ4n) is 2.33. The number of hydrogen-bond acceptors (Lipinski definition) is 7. The van der Waals surface area contributed by atoms with Gasteiger partial charge in [0.05, 0.1) is 29.5 Å². The molecule has 29 heavy (non-hydrogen) atoms. The molecule has 0 atom stereocenters. The van der Waals surface area contributed by atoms with Crippen molar-refractivity contribution >= 4 is 15.7 Å². The quantitative estimate of drug-likeness (QED) is 0.660. The molecular weight excluding hydrogens is 392 g/mol. The van der Waals surface area contributed by atoms with Gasteiger partial charge in [0, 0.05) is 6.07 Å². The number of benzene rings is 2. The molecular formula is C20H14N4O4S. The van der Waals surface area contributed by atoms with E-state index in [9.17, 15) is 8.42 Å². The van der Waals surface area contributed by atoms with Crippen molar-refractivity contribution < 1.29 is 17.9 Å². The molecule has 0 aliphatic rings. The van der Waals surface area contributed by atoms with E-state index in [0.717, 1.165) is 6.26 Å². The maximum atomic E-state index is 11.7. The fourth-order valence-corrected chi connectivity index (χ4v) is 2.88. The molecule has 1 aromatic heterocycles. The predicted molar refractivity (Wildman–Crippen MR) is 105 cm³/mol. The number of aromatic nitrogens is 1. The molecule has 0 spiro atoms. The van der Waals surface area contributed by atoms with Crippen molar-refractivity contribution in [2.24, 2.45) is 0 Å². The number of nitrogens with zero attached hydrogens (tertiary/aromatic N) is 3. The molecule has 1 heterocycles. The molecule has 3 aromatic rings. The molecule has 0 amide bonds. The van der Waals surface area contributed by atoms with Crippen molar-refractivity contribution in [1.29, 1.82) is 10.5 Å². The Hall–Kier alpha value is -4.08. The summed E-state index contributed by atoms with van der Waals surface area (Å²) in [7, 11) is -3.58. The van der Waals surface area contributed by atoms with Crippen LogP contribution >= 0.6 is 0 Å². The van der Waals surface area contributed by atoms with Gasteiger partial charge in [-0.3, -0.25) is 4.72 Å². The van der Waals surface area contributed by atoms with Gasteiger partial charge >= 0.3 is 0 Å². The third kappa shape index (κ3) is 5.45. The van der Waals surface area contributed by atoms with Crippen molar-refractivity contribution in [3.05, 3.63) is 71.8 Å². The summed E-state index contributed by atoms with van der Waals surface area (Å²) in [4.78, 5) is 4.22. The third-order valence-corrected chi connectivity index (χ3v) is 4.08. The fraction of sp³-hybridized carbons (Fsp3) is 0.0500. The van der Waals surface area contributed by atoms with Gasteiger partial charge in [0.2, 0.25) is 21.8 Å². The Balaban J connectivity index is 1.96. The van der Waals surface area contributed by atoms with E-state index in [-0.39, 0.29) is 17.4 Å². The number of ether oxygens (including phenoxy) is 2. The zero-order valence-corrected chi connectivity index (χ0v) is 16.0. The number of anilines is 1. The lowest BCUT2D eigenvalue weighted by Gasteiger charge is -2.13. The molecule has 8 nitrogen and oxygen atoms in total. The smallest absolute Gasteiger partial charge is 0.247 e. The lowest BCUT2D eigenvalue weighted by Crippen LogP contribution is -2.11. The molecule has 144 valence electrons. The first kappa shape index (κ1) is 19.7. The van der Waals surface area contributed by atoms with Crippen molar-refractivity contribution in [3.8, 4) is 35.4 Å². The average molecular weight is 406 g/mol. The van der Waals surface area contributed by atoms with Gasteiger partial charge in [0.25, 0.3) is 0 Å². The van der Waals surface area contributed by atoms with Crippen LogP contribution in [-0.2, 0) is 10.0 Å². The van der Waals surface area contributed by atoms with Crippen molar-refractivity contribution in [2.75, 3.05) is 11.0 Å². The molecule has 0 bridgehead atoms. The van der Waals surface area contributed by atoms with Crippen LogP contribution in [0, 0.1) is 22.7 Å². The van der Waals surface area contributed by atoms with Crippen LogP contribution in [0.15, 0.2) is 60.7 Å². The zero-order chi connectivity index (χ0) is 20.9. The van der Waals surface area contributed by atoms with Gasteiger partial charge in [-0.1, -0.05) is 12.1 Å². The van der Waals surface area contributed by atoms with Gasteiger partial charge in [-0.2, -0.15) is 15.5 Å². The molecule has 0 saturated heterocycles. The van der Waals surface area contributed by atoms with E-state index in [1.807, 2.05) is 12.1 Å². The standard InChI is InChI=1S/C20H14N4O4S/c1-29(25,26)24-18-8-9-19(27-16-6-2-4-14(10-16)12-21)23-20(18)28-17-7-3-5-15(11-17)13-22/h2-11,24H,1H3. The molecule has 0 fully saturated rings. The van der Waals surface area contributed by atoms with E-state index in [4.69, 9.17) is 20.0 Å². The number of nitriles is 2. The molecule has 9 heteroatoms. The molecule has 1 N–H and O–H groups in total. The topological polar surface area (TPSA) is 125 Å². The summed E-state index contributed by atoms with van der Waals surface area (Å²) >= 11 is 0. The summed E-state index contributed by atoms with van der Waals surface area (Å²) in [5.41, 5.74) is 0.900. The summed E-state index contributed by atoms with van der Waals surface area (Å²) in [5, 5.41) is 18.0. The molecule has 0 unspecified atom stereocenters. The summed E-state index contributed by atoms with van der Waals surface area (Å²) in [6.45, 7) is 0. The first-order chi connectivity index (χ1) is 13.9. The molecule has 0 saturated carbocycles. The summed E-state index contributed by atoms with van der Waals surface area (Å²) < 4.78 is 37.0. The third-order valence-electron chi connectivity index (χ3n) is 3.49. The van der Waals surface area contributed by atoms with Gasteiger partial charge in [0.15, 0.2) is 0 Å². The lowest BCUT2D eigenvalue weighted by molar-refractivity contribution is 0.428. The van der Waals surface area contributed by atoms with E-state index in [1.54, 1.807) is 42.5 Å². The number of sulfonamides is 1. The molecule has 2 aromatic carbocycles. The maximum Gasteiger partial charge on any atom is 0.247 e. The zero-order valence-electron chi connectivity index (χ0n) is 15.2. The van der Waals surface area contributed by atoms with Gasteiger partial charge < -0.3 is 9.47 Å². The minimum absolute atomic E-state index is 0.0561. The predicted octanol–water partition coefficient (Wildman–Crippen LogP) is 3.78. The van der Waals surface area contributed by atoms with E-state index >= 15 is 0 Å². The first-order valence-corrected chi connectivity index (χ1v) is 10.1. The summed E-state index contributed by atoms with van der Waals surface area (Å²) in [5.74, 6) is 0.763. The molecule has 3 rings (SSSR count). The second kappa shape index (κ2) is 8.30. The lowest BCUT2D eigenvalue weighted by atomic mass is 10.2. The van der Waals surface area contributed by atoms with Crippen LogP contribution < -0.4 is 14.2 Å². The maximum absolute atomic E-state index is 11.7. The minimum Gasteiger partial charge on any atom is -0.439 e. The van der Waals surface area contributed by atoms with Gasteiger partial charge in [-0.25, -0.2) is 8.42 Å². The Labute approximate surface area is 167 Å². The van der Waals surface area contributed by atoms with Crippen LogP contribution in [0.2, 0.25) is 0 Å². The van der Waals surface area contributed by atoms with Crippen LogP contribution in [-0.4, -0.2) is 19.7 Å². The Morgan fingerprint density at radius 1 is 0.897 bits per heavy atom. The Kier molecular flexibility index (Phi) is 5.63. The van der Waals surface area contributed by atoms with Gasteiger partial charge in [-0.15, -0.1) is 0 Å². The van der Waals surface area contributed by atoms with E-state index in [1.165, 1.54) is 18.2 Å².